The quantitative estimate of drug-likeness (QED) is 0.153. The van der Waals surface area contributed by atoms with Gasteiger partial charge in [0.25, 0.3) is 0 Å². The number of nitrogens with zero attached hydrogens (tertiary/aromatic N) is 8. The van der Waals surface area contributed by atoms with Crippen LogP contribution >= 0.6 is 11.3 Å². The number of hydrogen-bond acceptors (Lipinski definition) is 8. The van der Waals surface area contributed by atoms with E-state index in [1.807, 2.05) is 72.0 Å². The summed E-state index contributed by atoms with van der Waals surface area (Å²) in [7, 11) is 0. The van der Waals surface area contributed by atoms with Crippen LogP contribution in [-0.4, -0.2) is 51.6 Å². The van der Waals surface area contributed by atoms with Crippen LogP contribution in [0.5, 0.6) is 0 Å². The van der Waals surface area contributed by atoms with Gasteiger partial charge in [0.15, 0.2) is 17.5 Å². The Kier molecular flexibility index (Phi) is 8.45. The Bertz CT molecular complexity index is 4200. The molecule has 0 N–H and O–H groups in total. The fourth-order valence-corrected chi connectivity index (χ4v) is 12.1. The lowest BCUT2D eigenvalue weighted by Gasteiger charge is -2.30. The maximum absolute atomic E-state index is 5.24. The monoisotopic (exact) mass is 910 g/mol. The first-order chi connectivity index (χ1) is 34.7. The van der Waals surface area contributed by atoms with E-state index in [9.17, 15) is 0 Å². The molecular formula is C60H35BN8S. The Hall–Kier alpha value is -9.12. The van der Waals surface area contributed by atoms with Gasteiger partial charge in [0.05, 0.1) is 11.0 Å². The molecule has 0 saturated carbocycles. The molecule has 6 heterocycles. The van der Waals surface area contributed by atoms with E-state index in [0.717, 1.165) is 27.8 Å². The maximum atomic E-state index is 5.24. The number of aliphatic imine (C=N–C) groups is 6. The lowest BCUT2D eigenvalue weighted by molar-refractivity contribution is 0.828. The van der Waals surface area contributed by atoms with Crippen molar-refractivity contribution in [3.05, 3.63) is 229 Å². The highest BCUT2D eigenvalue weighted by molar-refractivity contribution is 7.25. The minimum atomic E-state index is -0.105. The van der Waals surface area contributed by atoms with Crippen molar-refractivity contribution in [2.75, 3.05) is 0 Å². The summed E-state index contributed by atoms with van der Waals surface area (Å²) in [5.74, 6) is 2.80. The Morgan fingerprint density at radius 1 is 0.343 bits per heavy atom. The van der Waals surface area contributed by atoms with Gasteiger partial charge in [-0.2, -0.15) is 30.0 Å². The van der Waals surface area contributed by atoms with Gasteiger partial charge in [-0.25, -0.2) is 4.90 Å². The predicted molar refractivity (Wildman–Crippen MR) is 292 cm³/mol. The van der Waals surface area contributed by atoms with Crippen molar-refractivity contribution in [3.63, 3.8) is 0 Å². The van der Waals surface area contributed by atoms with Crippen LogP contribution in [0.2, 0.25) is 0 Å². The van der Waals surface area contributed by atoms with Crippen LogP contribution in [0.25, 0.3) is 69.9 Å². The van der Waals surface area contributed by atoms with E-state index in [0.29, 0.717) is 35.4 Å². The predicted octanol–water partition coefficient (Wildman–Crippen LogP) is 11.4. The summed E-state index contributed by atoms with van der Waals surface area (Å²) in [6, 6.07) is 75.4. The molecule has 10 heteroatoms. The lowest BCUT2D eigenvalue weighted by atomic mass is 9.37. The summed E-state index contributed by atoms with van der Waals surface area (Å²) < 4.78 is 5.12. The molecule has 8 nitrogen and oxygen atoms in total. The van der Waals surface area contributed by atoms with Gasteiger partial charge in [-0.05, 0) is 58.0 Å². The minimum absolute atomic E-state index is 0.105. The first kappa shape index (κ1) is 38.9. The molecule has 0 unspecified atom stereocenters. The molecule has 9 aromatic carbocycles. The average molecular weight is 911 g/mol. The van der Waals surface area contributed by atoms with Crippen molar-refractivity contribution in [1.82, 2.24) is 9.47 Å². The number of rotatable bonds is 6. The van der Waals surface area contributed by atoms with Gasteiger partial charge < -0.3 is 4.57 Å². The smallest absolute Gasteiger partial charge is 0.246 e. The van der Waals surface area contributed by atoms with Crippen LogP contribution < -0.4 is 16.4 Å². The van der Waals surface area contributed by atoms with E-state index in [-0.39, 0.29) is 6.71 Å². The van der Waals surface area contributed by atoms with Crippen LogP contribution in [0.3, 0.4) is 0 Å². The summed E-state index contributed by atoms with van der Waals surface area (Å²) in [6.07, 6.45) is 0. The van der Waals surface area contributed by atoms with Crippen molar-refractivity contribution in [1.29, 1.82) is 0 Å². The number of thiophene rings is 1. The molecule has 4 aliphatic rings. The average Bonchev–Trinajstić information content (AvgIpc) is 4.08. The number of hydrogen-bond donors (Lipinski definition) is 0. The van der Waals surface area contributed by atoms with Crippen molar-refractivity contribution >= 4 is 112 Å². The topological polar surface area (TPSA) is 82.3 Å². The second kappa shape index (κ2) is 15.2. The third-order valence-electron chi connectivity index (χ3n) is 14.0. The van der Waals surface area contributed by atoms with Crippen LogP contribution in [0.1, 0.15) is 16.7 Å². The van der Waals surface area contributed by atoms with Crippen molar-refractivity contribution in [3.8, 4) is 27.9 Å². The summed E-state index contributed by atoms with van der Waals surface area (Å²) in [5, 5.41) is 5.07. The van der Waals surface area contributed by atoms with Crippen molar-refractivity contribution < 1.29 is 0 Å². The van der Waals surface area contributed by atoms with Gasteiger partial charge in [0.1, 0.15) is 0 Å². The number of benzene rings is 9. The number of amidine groups is 3. The molecule has 0 radical (unpaired) electrons. The molecule has 324 valence electrons. The van der Waals surface area contributed by atoms with Gasteiger partial charge in [-0.1, -0.05) is 193 Å². The van der Waals surface area contributed by atoms with Gasteiger partial charge >= 0.3 is 0 Å². The second-order valence-corrected chi connectivity index (χ2v) is 18.9. The fraction of sp³-hybridized carbons (Fsp3) is 0. The first-order valence-corrected chi connectivity index (χ1v) is 24.2. The van der Waals surface area contributed by atoms with E-state index in [1.54, 1.807) is 4.90 Å². The zero-order valence-electron chi connectivity index (χ0n) is 37.3. The fourth-order valence-electron chi connectivity index (χ4n) is 11.0. The summed E-state index contributed by atoms with van der Waals surface area (Å²) in [6.45, 7) is -0.105. The number of guanidine groups is 3. The normalized spacial score (nSPS) is 14.7. The van der Waals surface area contributed by atoms with Gasteiger partial charge in [0.2, 0.25) is 24.6 Å². The third-order valence-corrected chi connectivity index (χ3v) is 15.1. The molecule has 4 aliphatic heterocycles. The number of fused-ring (bicyclic) bond motifs is 9. The van der Waals surface area contributed by atoms with Crippen molar-refractivity contribution in [2.45, 2.75) is 0 Å². The highest BCUT2D eigenvalue weighted by Crippen LogP contribution is 2.42. The second-order valence-electron chi connectivity index (χ2n) is 17.8. The Labute approximate surface area is 406 Å². The first-order valence-electron chi connectivity index (χ1n) is 23.4. The Morgan fingerprint density at radius 3 is 1.59 bits per heavy atom. The molecule has 0 spiro atoms. The molecular weight excluding hydrogens is 876 g/mol. The standard InChI is InChI=1S/C60H35BN8S/c1-4-18-36(19-5-1)55-62-58-63-56(37-20-6-2-7-21-37)65-60-67-57(66-59(64-55)69(58)60)45-27-11-10-24-39(45)42-28-16-29-43-44-30-17-32-49(54(44)61(53(42)43)38-22-8-3-9-23-38)68-48-31-14-12-25-40(48)46-35-52-47(34-50(46)68)41-26-13-15-33-51(41)70-52/h1-35H. The van der Waals surface area contributed by atoms with E-state index >= 15 is 0 Å². The van der Waals surface area contributed by atoms with E-state index in [1.165, 1.54) is 75.2 Å². The molecule has 11 aromatic rings. The van der Waals surface area contributed by atoms with Gasteiger partial charge in [-0.15, -0.1) is 11.3 Å². The number of aromatic nitrogens is 1. The third kappa shape index (κ3) is 5.84. The molecule has 0 amide bonds. The molecule has 70 heavy (non-hydrogen) atoms. The van der Waals surface area contributed by atoms with E-state index in [4.69, 9.17) is 30.0 Å². The van der Waals surface area contributed by atoms with E-state index < -0.39 is 0 Å². The Balaban J connectivity index is 0.940. The largest absolute Gasteiger partial charge is 0.310 e. The molecule has 0 atom stereocenters. The molecule has 0 aliphatic carbocycles. The lowest BCUT2D eigenvalue weighted by Crippen LogP contribution is -2.50. The highest BCUT2D eigenvalue weighted by Gasteiger charge is 2.40. The summed E-state index contributed by atoms with van der Waals surface area (Å²) in [4.78, 5) is 32.2. The van der Waals surface area contributed by atoms with E-state index in [2.05, 4.69) is 156 Å². The minimum Gasteiger partial charge on any atom is -0.310 e. The number of para-hydroxylation sites is 1. The SMILES string of the molecule is c1ccc(B2c3c(-c4ccccc4C4=NC5=NC(c6ccccc6)=NC6=NC(c7ccccc7)=NC(=N4)N65)cccc3-c3cccc(-n4c5ccccc5c5cc6sc7ccccc7c6cc54)c32)cc1. The molecule has 15 rings (SSSR count). The zero-order valence-corrected chi connectivity index (χ0v) is 38.1. The van der Waals surface area contributed by atoms with Crippen LogP contribution in [0.15, 0.2) is 242 Å². The van der Waals surface area contributed by atoms with Gasteiger partial charge in [-0.3, -0.25) is 0 Å². The van der Waals surface area contributed by atoms with Crippen LogP contribution in [0.4, 0.5) is 0 Å². The zero-order chi connectivity index (χ0) is 45.9. The molecule has 0 fully saturated rings. The summed E-state index contributed by atoms with van der Waals surface area (Å²) in [5.41, 5.74) is 14.4. The molecule has 0 saturated heterocycles. The van der Waals surface area contributed by atoms with Crippen LogP contribution in [-0.2, 0) is 0 Å². The molecule has 2 aromatic heterocycles. The highest BCUT2D eigenvalue weighted by atomic mass is 32.1. The maximum Gasteiger partial charge on any atom is 0.246 e. The van der Waals surface area contributed by atoms with Crippen molar-refractivity contribution in [2.24, 2.45) is 30.0 Å². The molecule has 0 bridgehead atoms. The van der Waals surface area contributed by atoms with Crippen LogP contribution in [0, 0.1) is 0 Å². The Morgan fingerprint density at radius 2 is 0.871 bits per heavy atom. The summed E-state index contributed by atoms with van der Waals surface area (Å²) >= 11 is 1.87. The van der Waals surface area contributed by atoms with Gasteiger partial charge in [0, 0.05) is 53.3 Å².